The van der Waals surface area contributed by atoms with Crippen molar-refractivity contribution < 1.29 is 9.13 Å². The highest BCUT2D eigenvalue weighted by atomic mass is 19.1. The number of nitrogens with two attached hydrogens (primary N) is 1. The number of ether oxygens (including phenoxy) is 1. The lowest BCUT2D eigenvalue weighted by Crippen LogP contribution is -2.31. The van der Waals surface area contributed by atoms with Crippen molar-refractivity contribution in [3.63, 3.8) is 0 Å². The topological polar surface area (TPSA) is 47.3 Å². The number of nitrogens with one attached hydrogen (secondary N) is 1. The summed E-state index contributed by atoms with van der Waals surface area (Å²) in [6.07, 6.45) is 0.958. The van der Waals surface area contributed by atoms with Gasteiger partial charge in [-0.1, -0.05) is 13.0 Å². The molecule has 1 rings (SSSR count). The van der Waals surface area contributed by atoms with Crippen molar-refractivity contribution in [2.75, 3.05) is 13.2 Å². The average Bonchev–Trinajstić information content (AvgIpc) is 2.23. The van der Waals surface area contributed by atoms with Gasteiger partial charge in [-0.15, -0.1) is 0 Å². The molecule has 3 N–H and O–H groups in total. The SMILES string of the molecule is CCCOCC(NN)c1cc(C)cc(F)c1. The minimum absolute atomic E-state index is 0.166. The van der Waals surface area contributed by atoms with Gasteiger partial charge in [0.25, 0.3) is 0 Å². The van der Waals surface area contributed by atoms with Gasteiger partial charge in [-0.3, -0.25) is 11.3 Å². The summed E-state index contributed by atoms with van der Waals surface area (Å²) in [6.45, 7) is 5.03. The van der Waals surface area contributed by atoms with E-state index >= 15 is 0 Å². The molecular weight excluding hydrogens is 207 g/mol. The molecule has 3 nitrogen and oxygen atoms in total. The molecule has 0 aliphatic carbocycles. The Hall–Kier alpha value is -0.970. The van der Waals surface area contributed by atoms with Gasteiger partial charge < -0.3 is 4.74 Å². The number of hydrogen-bond donors (Lipinski definition) is 2. The fraction of sp³-hybridized carbons (Fsp3) is 0.500. The number of halogens is 1. The third kappa shape index (κ3) is 3.89. The Balaban J connectivity index is 2.70. The molecule has 1 aromatic carbocycles. The molecule has 0 aliphatic heterocycles. The van der Waals surface area contributed by atoms with Gasteiger partial charge in [-0.25, -0.2) is 4.39 Å². The first-order chi connectivity index (χ1) is 7.67. The predicted molar refractivity (Wildman–Crippen MR) is 62.3 cm³/mol. The molecule has 1 aromatic rings. The first-order valence-electron chi connectivity index (χ1n) is 5.48. The lowest BCUT2D eigenvalue weighted by molar-refractivity contribution is 0.112. The predicted octanol–water partition coefficient (Wildman–Crippen LogP) is 2.07. The van der Waals surface area contributed by atoms with Crippen LogP contribution < -0.4 is 11.3 Å². The van der Waals surface area contributed by atoms with Gasteiger partial charge in [-0.2, -0.15) is 0 Å². The maximum Gasteiger partial charge on any atom is 0.123 e. The van der Waals surface area contributed by atoms with E-state index < -0.39 is 0 Å². The average molecular weight is 226 g/mol. The second kappa shape index (κ2) is 6.58. The Labute approximate surface area is 95.8 Å². The third-order valence-electron chi connectivity index (χ3n) is 2.30. The summed E-state index contributed by atoms with van der Waals surface area (Å²) in [7, 11) is 0. The third-order valence-corrected chi connectivity index (χ3v) is 2.30. The summed E-state index contributed by atoms with van der Waals surface area (Å²) in [5.41, 5.74) is 4.34. The zero-order chi connectivity index (χ0) is 12.0. The summed E-state index contributed by atoms with van der Waals surface area (Å²) in [6, 6.07) is 4.71. The van der Waals surface area contributed by atoms with Gasteiger partial charge >= 0.3 is 0 Å². The summed E-state index contributed by atoms with van der Waals surface area (Å²) >= 11 is 0. The van der Waals surface area contributed by atoms with Gasteiger partial charge in [0.1, 0.15) is 5.82 Å². The normalized spacial score (nSPS) is 12.8. The molecule has 0 heterocycles. The molecule has 16 heavy (non-hydrogen) atoms. The van der Waals surface area contributed by atoms with E-state index in [0.29, 0.717) is 13.2 Å². The van der Waals surface area contributed by atoms with Crippen LogP contribution >= 0.6 is 0 Å². The van der Waals surface area contributed by atoms with Gasteiger partial charge in [0.2, 0.25) is 0 Å². The molecule has 0 bridgehead atoms. The fourth-order valence-electron chi connectivity index (χ4n) is 1.55. The van der Waals surface area contributed by atoms with Crippen LogP contribution in [-0.4, -0.2) is 13.2 Å². The number of rotatable bonds is 6. The van der Waals surface area contributed by atoms with E-state index in [0.717, 1.165) is 17.5 Å². The Morgan fingerprint density at radius 3 is 2.75 bits per heavy atom. The van der Waals surface area contributed by atoms with Crippen molar-refractivity contribution >= 4 is 0 Å². The quantitative estimate of drug-likeness (QED) is 0.443. The molecule has 1 atom stereocenters. The van der Waals surface area contributed by atoms with E-state index in [4.69, 9.17) is 10.6 Å². The molecule has 0 saturated heterocycles. The summed E-state index contributed by atoms with van der Waals surface area (Å²) in [5, 5.41) is 0. The van der Waals surface area contributed by atoms with Crippen LogP contribution in [0.3, 0.4) is 0 Å². The minimum atomic E-state index is -0.245. The van der Waals surface area contributed by atoms with Crippen molar-refractivity contribution in [2.45, 2.75) is 26.3 Å². The van der Waals surface area contributed by atoms with Crippen molar-refractivity contribution in [3.05, 3.63) is 35.1 Å². The van der Waals surface area contributed by atoms with E-state index in [2.05, 4.69) is 5.43 Å². The van der Waals surface area contributed by atoms with Gasteiger partial charge in [0.15, 0.2) is 0 Å². The highest BCUT2D eigenvalue weighted by Gasteiger charge is 2.11. The Kier molecular flexibility index (Phi) is 5.38. The molecule has 0 aromatic heterocycles. The molecule has 0 saturated carbocycles. The van der Waals surface area contributed by atoms with Gasteiger partial charge in [0, 0.05) is 6.61 Å². The molecule has 4 heteroatoms. The molecule has 1 unspecified atom stereocenters. The standard InChI is InChI=1S/C12H19FN2O/c1-3-4-16-8-12(15-14)10-5-9(2)6-11(13)7-10/h5-7,12,15H,3-4,8,14H2,1-2H3. The van der Waals surface area contributed by atoms with Crippen LogP contribution in [0, 0.1) is 12.7 Å². The maximum atomic E-state index is 13.2. The van der Waals surface area contributed by atoms with E-state index in [1.807, 2.05) is 19.9 Å². The van der Waals surface area contributed by atoms with Crippen molar-refractivity contribution in [1.82, 2.24) is 5.43 Å². The number of benzene rings is 1. The maximum absolute atomic E-state index is 13.2. The second-order valence-corrected chi connectivity index (χ2v) is 3.86. The zero-order valence-electron chi connectivity index (χ0n) is 9.79. The monoisotopic (exact) mass is 226 g/mol. The smallest absolute Gasteiger partial charge is 0.123 e. The molecular formula is C12H19FN2O. The highest BCUT2D eigenvalue weighted by Crippen LogP contribution is 2.16. The van der Waals surface area contributed by atoms with Crippen LogP contribution in [0.2, 0.25) is 0 Å². The molecule has 0 aliphatic rings. The van der Waals surface area contributed by atoms with E-state index in [1.165, 1.54) is 12.1 Å². The zero-order valence-corrected chi connectivity index (χ0v) is 9.79. The Bertz CT molecular complexity index is 311. The van der Waals surface area contributed by atoms with Crippen molar-refractivity contribution in [1.29, 1.82) is 0 Å². The van der Waals surface area contributed by atoms with E-state index in [-0.39, 0.29) is 11.9 Å². The van der Waals surface area contributed by atoms with Crippen LogP contribution in [0.15, 0.2) is 18.2 Å². The van der Waals surface area contributed by atoms with Gasteiger partial charge in [-0.05, 0) is 36.6 Å². The Morgan fingerprint density at radius 1 is 1.44 bits per heavy atom. The second-order valence-electron chi connectivity index (χ2n) is 3.86. The first kappa shape index (κ1) is 13.1. The van der Waals surface area contributed by atoms with Crippen LogP contribution in [-0.2, 0) is 4.74 Å². The molecule has 0 radical (unpaired) electrons. The van der Waals surface area contributed by atoms with E-state index in [1.54, 1.807) is 0 Å². The van der Waals surface area contributed by atoms with Crippen LogP contribution in [0.25, 0.3) is 0 Å². The van der Waals surface area contributed by atoms with Crippen LogP contribution in [0.1, 0.15) is 30.5 Å². The summed E-state index contributed by atoms with van der Waals surface area (Å²) in [4.78, 5) is 0. The largest absolute Gasteiger partial charge is 0.379 e. The van der Waals surface area contributed by atoms with Crippen molar-refractivity contribution in [3.8, 4) is 0 Å². The lowest BCUT2D eigenvalue weighted by atomic mass is 10.1. The van der Waals surface area contributed by atoms with Crippen LogP contribution in [0.5, 0.6) is 0 Å². The van der Waals surface area contributed by atoms with Gasteiger partial charge in [0.05, 0.1) is 12.6 Å². The highest BCUT2D eigenvalue weighted by molar-refractivity contribution is 5.26. The number of aryl methyl sites for hydroxylation is 1. The fourth-order valence-corrected chi connectivity index (χ4v) is 1.55. The number of hydrogen-bond acceptors (Lipinski definition) is 3. The Morgan fingerprint density at radius 2 is 2.19 bits per heavy atom. The summed E-state index contributed by atoms with van der Waals surface area (Å²) < 4.78 is 18.6. The molecule has 0 fully saturated rings. The lowest BCUT2D eigenvalue weighted by Gasteiger charge is -2.17. The summed E-state index contributed by atoms with van der Waals surface area (Å²) in [5.74, 6) is 5.19. The van der Waals surface area contributed by atoms with Crippen molar-refractivity contribution in [2.24, 2.45) is 5.84 Å². The van der Waals surface area contributed by atoms with E-state index in [9.17, 15) is 4.39 Å². The van der Waals surface area contributed by atoms with Crippen LogP contribution in [0.4, 0.5) is 4.39 Å². The molecule has 0 amide bonds. The molecule has 0 spiro atoms. The first-order valence-corrected chi connectivity index (χ1v) is 5.48. The minimum Gasteiger partial charge on any atom is -0.379 e. The number of hydrazine groups is 1. The molecule has 90 valence electrons.